The van der Waals surface area contributed by atoms with Crippen molar-refractivity contribution in [2.45, 2.75) is 0 Å². The number of fused-ring (bicyclic) bond motifs is 6. The first-order valence-corrected chi connectivity index (χ1v) is 19.6. The summed E-state index contributed by atoms with van der Waals surface area (Å²) in [4.78, 5) is 4.58. The van der Waals surface area contributed by atoms with Crippen LogP contribution < -0.4 is 9.80 Å². The lowest BCUT2D eigenvalue weighted by Crippen LogP contribution is -2.10. The second-order valence-electron chi connectivity index (χ2n) is 14.5. The van der Waals surface area contributed by atoms with Crippen molar-refractivity contribution < 1.29 is 8.83 Å². The lowest BCUT2D eigenvalue weighted by molar-refractivity contribution is 0.669. The molecule has 4 heteroatoms. The highest BCUT2D eigenvalue weighted by molar-refractivity contribution is 6.11. The molecule has 0 bridgehead atoms. The normalized spacial score (nSPS) is 11.4. The molecule has 0 unspecified atom stereocenters. The molecule has 0 saturated carbocycles. The third kappa shape index (κ3) is 5.78. The largest absolute Gasteiger partial charge is 0.455 e. The molecule has 0 radical (unpaired) electrons. The van der Waals surface area contributed by atoms with Crippen molar-refractivity contribution in [1.29, 1.82) is 0 Å². The molecule has 0 atom stereocenters. The zero-order valence-corrected chi connectivity index (χ0v) is 31.5. The van der Waals surface area contributed by atoms with Crippen LogP contribution in [0.3, 0.4) is 0 Å². The van der Waals surface area contributed by atoms with Crippen molar-refractivity contribution in [2.24, 2.45) is 0 Å². The quantitative estimate of drug-likeness (QED) is 0.155. The van der Waals surface area contributed by atoms with Gasteiger partial charge in [-0.3, -0.25) is 0 Å². The fraction of sp³-hybridized carbons (Fsp3) is 0. The van der Waals surface area contributed by atoms with Gasteiger partial charge in [0.15, 0.2) is 5.58 Å². The van der Waals surface area contributed by atoms with Crippen molar-refractivity contribution in [1.82, 2.24) is 0 Å². The Morgan fingerprint density at radius 1 is 0.259 bits per heavy atom. The van der Waals surface area contributed by atoms with Gasteiger partial charge in [-0.05, 0) is 95.6 Å². The lowest BCUT2D eigenvalue weighted by Gasteiger charge is -2.26. The van der Waals surface area contributed by atoms with Crippen LogP contribution in [-0.4, -0.2) is 0 Å². The monoisotopic (exact) mass is 744 g/mol. The Bertz CT molecular complexity index is 3200. The summed E-state index contributed by atoms with van der Waals surface area (Å²) in [6, 6.07) is 76.7. The summed E-state index contributed by atoms with van der Waals surface area (Å²) in [5.74, 6) is 0. The number of rotatable bonds is 8. The minimum absolute atomic E-state index is 0.869. The molecule has 11 aromatic rings. The van der Waals surface area contributed by atoms with Gasteiger partial charge in [-0.1, -0.05) is 140 Å². The highest BCUT2D eigenvalue weighted by Crippen LogP contribution is 2.43. The molecule has 58 heavy (non-hydrogen) atoms. The molecule has 274 valence electrons. The van der Waals surface area contributed by atoms with Crippen molar-refractivity contribution in [3.8, 4) is 22.3 Å². The van der Waals surface area contributed by atoms with Gasteiger partial charge in [0.05, 0.1) is 5.69 Å². The van der Waals surface area contributed by atoms with E-state index in [0.29, 0.717) is 0 Å². The van der Waals surface area contributed by atoms with Crippen LogP contribution in [0.15, 0.2) is 227 Å². The van der Waals surface area contributed by atoms with Crippen LogP contribution in [0.25, 0.3) is 66.1 Å². The minimum atomic E-state index is 0.869. The van der Waals surface area contributed by atoms with E-state index in [9.17, 15) is 0 Å². The first kappa shape index (κ1) is 33.5. The van der Waals surface area contributed by atoms with Crippen molar-refractivity contribution >= 4 is 78.0 Å². The Kier molecular flexibility index (Phi) is 8.11. The number of furan rings is 2. The van der Waals surface area contributed by atoms with Crippen molar-refractivity contribution in [3.63, 3.8) is 0 Å². The molecule has 0 amide bonds. The SMILES string of the molecule is c1ccc(N(c2ccc(-c3ccc(N(c4ccccc4)c4cccc5c4oc4ccccc45)cc3)cc2)c2ccc(-c3cccc4c3oc3ccccc34)cc2)cc1. The van der Waals surface area contributed by atoms with Crippen LogP contribution in [0.4, 0.5) is 34.1 Å². The Morgan fingerprint density at radius 2 is 0.655 bits per heavy atom. The minimum Gasteiger partial charge on any atom is -0.455 e. The molecule has 0 saturated heterocycles. The van der Waals surface area contributed by atoms with E-state index >= 15 is 0 Å². The summed E-state index contributed by atoms with van der Waals surface area (Å²) in [5.41, 5.74) is 14.4. The predicted molar refractivity (Wildman–Crippen MR) is 241 cm³/mol. The van der Waals surface area contributed by atoms with Gasteiger partial charge in [0.1, 0.15) is 16.7 Å². The van der Waals surface area contributed by atoms with Crippen molar-refractivity contribution in [2.75, 3.05) is 9.80 Å². The van der Waals surface area contributed by atoms with E-state index in [-0.39, 0.29) is 0 Å². The average Bonchev–Trinajstić information content (AvgIpc) is 3.88. The smallest absolute Gasteiger partial charge is 0.159 e. The van der Waals surface area contributed by atoms with Crippen molar-refractivity contribution in [3.05, 3.63) is 218 Å². The number of hydrogen-bond donors (Lipinski definition) is 0. The Hall–Kier alpha value is -7.82. The number of anilines is 6. The molecule has 0 spiro atoms. The zero-order chi connectivity index (χ0) is 38.4. The maximum absolute atomic E-state index is 6.50. The van der Waals surface area contributed by atoms with E-state index in [2.05, 4.69) is 204 Å². The van der Waals surface area contributed by atoms with Gasteiger partial charge in [-0.2, -0.15) is 0 Å². The summed E-state index contributed by atoms with van der Waals surface area (Å²) in [6.07, 6.45) is 0. The highest BCUT2D eigenvalue weighted by Gasteiger charge is 2.20. The lowest BCUT2D eigenvalue weighted by atomic mass is 10.0. The molecule has 9 aromatic carbocycles. The number of benzene rings is 9. The van der Waals surface area contributed by atoms with Gasteiger partial charge in [0.25, 0.3) is 0 Å². The fourth-order valence-corrected chi connectivity index (χ4v) is 8.31. The summed E-state index contributed by atoms with van der Waals surface area (Å²) in [7, 11) is 0. The Morgan fingerprint density at radius 3 is 1.22 bits per heavy atom. The molecule has 4 nitrogen and oxygen atoms in total. The van der Waals surface area contributed by atoms with Gasteiger partial charge in [-0.25, -0.2) is 0 Å². The second kappa shape index (κ2) is 14.0. The van der Waals surface area contributed by atoms with Gasteiger partial charge < -0.3 is 18.6 Å². The first-order chi connectivity index (χ1) is 28.8. The van der Waals surface area contributed by atoms with Gasteiger partial charge in [0, 0.05) is 55.5 Å². The molecule has 0 fully saturated rings. The first-order valence-electron chi connectivity index (χ1n) is 19.6. The molecule has 2 heterocycles. The Balaban J connectivity index is 0.919. The second-order valence-corrected chi connectivity index (χ2v) is 14.5. The Labute approximate surface area is 336 Å². The van der Waals surface area contributed by atoms with Crippen LogP contribution >= 0.6 is 0 Å². The summed E-state index contributed by atoms with van der Waals surface area (Å²) >= 11 is 0. The van der Waals surface area contributed by atoms with E-state index in [4.69, 9.17) is 8.83 Å². The summed E-state index contributed by atoms with van der Waals surface area (Å²) in [6.45, 7) is 0. The molecule has 0 aliphatic heterocycles. The zero-order valence-electron chi connectivity index (χ0n) is 31.5. The molecular weight excluding hydrogens is 709 g/mol. The van der Waals surface area contributed by atoms with Crippen LogP contribution in [0.1, 0.15) is 0 Å². The molecule has 2 aromatic heterocycles. The van der Waals surface area contributed by atoms with E-state index < -0.39 is 0 Å². The van der Waals surface area contributed by atoms with Gasteiger partial charge in [0.2, 0.25) is 0 Å². The van der Waals surface area contributed by atoms with Gasteiger partial charge in [-0.15, -0.1) is 0 Å². The predicted octanol–water partition coefficient (Wildman–Crippen LogP) is 15.8. The van der Waals surface area contributed by atoms with Crippen LogP contribution in [0.5, 0.6) is 0 Å². The summed E-state index contributed by atoms with van der Waals surface area (Å²) in [5, 5.41) is 4.49. The maximum Gasteiger partial charge on any atom is 0.159 e. The number of nitrogens with zero attached hydrogens (tertiary/aromatic N) is 2. The highest BCUT2D eigenvalue weighted by atomic mass is 16.3. The number of para-hydroxylation sites is 6. The topological polar surface area (TPSA) is 32.8 Å². The standard InChI is InChI=1S/C54H36N2O2/c1-3-13-40(14-4-1)55(43-35-29-39(30-36-43)45-19-11-20-48-46-17-7-9-23-51(46)57-53(45)48)42-31-25-37(26-32-42)38-27-33-44(34-28-38)56(41-15-5-2-6-16-41)50-22-12-21-49-47-18-8-10-24-52(47)58-54(49)50/h1-36H. The third-order valence-corrected chi connectivity index (χ3v) is 11.1. The molecule has 0 aliphatic carbocycles. The number of hydrogen-bond acceptors (Lipinski definition) is 4. The van der Waals surface area contributed by atoms with Crippen LogP contribution in [0, 0.1) is 0 Å². The fourth-order valence-electron chi connectivity index (χ4n) is 8.31. The molecule has 0 N–H and O–H groups in total. The van der Waals surface area contributed by atoms with E-state index in [1.807, 2.05) is 24.3 Å². The van der Waals surface area contributed by atoms with E-state index in [1.54, 1.807) is 0 Å². The van der Waals surface area contributed by atoms with Crippen LogP contribution in [-0.2, 0) is 0 Å². The third-order valence-electron chi connectivity index (χ3n) is 11.1. The molecule has 11 rings (SSSR count). The van der Waals surface area contributed by atoms with E-state index in [1.165, 1.54) is 0 Å². The van der Waals surface area contributed by atoms with Gasteiger partial charge >= 0.3 is 0 Å². The molecular formula is C54H36N2O2. The maximum atomic E-state index is 6.50. The molecule has 0 aliphatic rings. The van der Waals surface area contributed by atoms with Crippen LogP contribution in [0.2, 0.25) is 0 Å². The average molecular weight is 745 g/mol. The summed E-state index contributed by atoms with van der Waals surface area (Å²) < 4.78 is 12.9. The van der Waals surface area contributed by atoms with E-state index in [0.717, 1.165) is 100 Å².